The molecule has 4 nitrogen and oxygen atoms in total. The maximum Gasteiger partial charge on any atom is 0.145 e. The highest BCUT2D eigenvalue weighted by Crippen LogP contribution is 2.18. The summed E-state index contributed by atoms with van der Waals surface area (Å²) in [6.45, 7) is 6.87. The average molecular weight is 320 g/mol. The van der Waals surface area contributed by atoms with Crippen molar-refractivity contribution in [1.29, 1.82) is 0 Å². The molecular formula is C10H17IN4. The second-order valence-electron chi connectivity index (χ2n) is 3.57. The molecule has 0 amide bonds. The van der Waals surface area contributed by atoms with Gasteiger partial charge in [-0.25, -0.2) is 9.97 Å². The lowest BCUT2D eigenvalue weighted by molar-refractivity contribution is 0.572. The summed E-state index contributed by atoms with van der Waals surface area (Å²) in [5, 5.41) is 0. The van der Waals surface area contributed by atoms with Crippen LogP contribution in [0.4, 0.5) is 5.82 Å². The van der Waals surface area contributed by atoms with Gasteiger partial charge in [-0.3, -0.25) is 0 Å². The molecule has 15 heavy (non-hydrogen) atoms. The highest BCUT2D eigenvalue weighted by Gasteiger charge is 2.12. The first-order chi connectivity index (χ1) is 7.19. The third kappa shape index (κ3) is 3.57. The van der Waals surface area contributed by atoms with Crippen molar-refractivity contribution in [2.24, 2.45) is 11.7 Å². The minimum atomic E-state index is 0.482. The minimum Gasteiger partial charge on any atom is -0.356 e. The minimum absolute atomic E-state index is 0.482. The van der Waals surface area contributed by atoms with Gasteiger partial charge in [0.25, 0.3) is 0 Å². The van der Waals surface area contributed by atoms with E-state index in [2.05, 4.69) is 51.3 Å². The summed E-state index contributed by atoms with van der Waals surface area (Å²) in [6.07, 6.45) is 3.42. The largest absolute Gasteiger partial charge is 0.356 e. The molecule has 0 aliphatic heterocycles. The monoisotopic (exact) mass is 320 g/mol. The van der Waals surface area contributed by atoms with Gasteiger partial charge in [-0.05, 0) is 42.0 Å². The number of hydrogen-bond donors (Lipinski definition) is 1. The second-order valence-corrected chi connectivity index (χ2v) is 4.74. The van der Waals surface area contributed by atoms with Crippen LogP contribution in [0.1, 0.15) is 13.8 Å². The topological polar surface area (TPSA) is 55.0 Å². The van der Waals surface area contributed by atoms with E-state index >= 15 is 0 Å². The van der Waals surface area contributed by atoms with Gasteiger partial charge < -0.3 is 10.6 Å². The van der Waals surface area contributed by atoms with E-state index in [1.807, 2.05) is 6.20 Å². The molecule has 1 atom stereocenters. The number of halogens is 1. The Morgan fingerprint density at radius 3 is 2.87 bits per heavy atom. The van der Waals surface area contributed by atoms with Crippen LogP contribution in [-0.4, -0.2) is 29.6 Å². The molecular weight excluding hydrogens is 303 g/mol. The van der Waals surface area contributed by atoms with Crippen molar-refractivity contribution >= 4 is 28.4 Å². The summed E-state index contributed by atoms with van der Waals surface area (Å²) in [5.41, 5.74) is 5.63. The third-order valence-corrected chi connectivity index (χ3v) is 3.02. The van der Waals surface area contributed by atoms with Gasteiger partial charge in [-0.1, -0.05) is 6.92 Å². The predicted molar refractivity (Wildman–Crippen MR) is 70.9 cm³/mol. The van der Waals surface area contributed by atoms with Crippen LogP contribution in [0.3, 0.4) is 0 Å². The first kappa shape index (κ1) is 12.6. The van der Waals surface area contributed by atoms with E-state index in [9.17, 15) is 0 Å². The molecule has 0 aromatic carbocycles. The van der Waals surface area contributed by atoms with Crippen LogP contribution >= 0.6 is 22.6 Å². The van der Waals surface area contributed by atoms with Crippen molar-refractivity contribution in [3.63, 3.8) is 0 Å². The van der Waals surface area contributed by atoms with Crippen LogP contribution in [0.25, 0.3) is 0 Å². The molecule has 0 aliphatic carbocycles. The molecule has 2 N–H and O–H groups in total. The van der Waals surface area contributed by atoms with Crippen LogP contribution in [-0.2, 0) is 0 Å². The molecule has 5 heteroatoms. The van der Waals surface area contributed by atoms with Crippen molar-refractivity contribution in [1.82, 2.24) is 9.97 Å². The standard InChI is InChI=1S/C10H17IN4/c1-3-15(6-8(2)4-12)10-9(11)5-13-7-14-10/h5,7-8H,3-4,6,12H2,1-2H3. The zero-order chi connectivity index (χ0) is 11.3. The Hall–Kier alpha value is -0.430. The molecule has 0 saturated carbocycles. The number of rotatable bonds is 5. The van der Waals surface area contributed by atoms with Crippen molar-refractivity contribution in [3.05, 3.63) is 16.1 Å². The van der Waals surface area contributed by atoms with Crippen LogP contribution in [0.5, 0.6) is 0 Å². The van der Waals surface area contributed by atoms with Crippen LogP contribution in [0, 0.1) is 9.49 Å². The van der Waals surface area contributed by atoms with Crippen molar-refractivity contribution in [3.8, 4) is 0 Å². The molecule has 1 rings (SSSR count). The molecule has 1 heterocycles. The Morgan fingerprint density at radius 2 is 2.33 bits per heavy atom. The molecule has 0 aliphatic rings. The maximum absolute atomic E-state index is 5.63. The van der Waals surface area contributed by atoms with Crippen molar-refractivity contribution in [2.75, 3.05) is 24.5 Å². The third-order valence-electron chi connectivity index (χ3n) is 2.26. The van der Waals surface area contributed by atoms with Crippen LogP contribution in [0.2, 0.25) is 0 Å². The fourth-order valence-electron chi connectivity index (χ4n) is 1.35. The summed E-state index contributed by atoms with van der Waals surface area (Å²) < 4.78 is 1.08. The number of anilines is 1. The van der Waals surface area contributed by atoms with E-state index in [0.29, 0.717) is 12.5 Å². The van der Waals surface area contributed by atoms with Gasteiger partial charge in [-0.15, -0.1) is 0 Å². The van der Waals surface area contributed by atoms with Gasteiger partial charge in [0, 0.05) is 19.3 Å². The molecule has 0 fully saturated rings. The predicted octanol–water partition coefficient (Wildman–Crippen LogP) is 1.50. The number of aromatic nitrogens is 2. The van der Waals surface area contributed by atoms with Gasteiger partial charge in [-0.2, -0.15) is 0 Å². The number of nitrogens with zero attached hydrogens (tertiary/aromatic N) is 3. The summed E-state index contributed by atoms with van der Waals surface area (Å²) in [7, 11) is 0. The van der Waals surface area contributed by atoms with E-state index in [1.54, 1.807) is 6.33 Å². The molecule has 0 radical (unpaired) electrons. The lowest BCUT2D eigenvalue weighted by atomic mass is 10.1. The highest BCUT2D eigenvalue weighted by atomic mass is 127. The first-order valence-electron chi connectivity index (χ1n) is 5.09. The zero-order valence-electron chi connectivity index (χ0n) is 9.15. The average Bonchev–Trinajstić information content (AvgIpc) is 2.26. The summed E-state index contributed by atoms with van der Waals surface area (Å²) in [5.74, 6) is 1.49. The maximum atomic E-state index is 5.63. The van der Waals surface area contributed by atoms with E-state index in [-0.39, 0.29) is 0 Å². The second kappa shape index (κ2) is 6.22. The molecule has 1 aromatic rings. The van der Waals surface area contributed by atoms with Crippen molar-refractivity contribution < 1.29 is 0 Å². The molecule has 1 unspecified atom stereocenters. The van der Waals surface area contributed by atoms with Gasteiger partial charge in [0.05, 0.1) is 3.57 Å². The van der Waals surface area contributed by atoms with Gasteiger partial charge in [0.2, 0.25) is 0 Å². The van der Waals surface area contributed by atoms with Gasteiger partial charge in [0.15, 0.2) is 0 Å². The number of nitrogens with two attached hydrogens (primary N) is 1. The van der Waals surface area contributed by atoms with Crippen molar-refractivity contribution in [2.45, 2.75) is 13.8 Å². The zero-order valence-corrected chi connectivity index (χ0v) is 11.3. The van der Waals surface area contributed by atoms with E-state index in [4.69, 9.17) is 5.73 Å². The van der Waals surface area contributed by atoms with E-state index < -0.39 is 0 Å². The van der Waals surface area contributed by atoms with Gasteiger partial charge >= 0.3 is 0 Å². The Labute approximate surface area is 104 Å². The van der Waals surface area contributed by atoms with E-state index in [0.717, 1.165) is 22.5 Å². The fraction of sp³-hybridized carbons (Fsp3) is 0.600. The van der Waals surface area contributed by atoms with Crippen LogP contribution < -0.4 is 10.6 Å². The Kier molecular flexibility index (Phi) is 5.24. The smallest absolute Gasteiger partial charge is 0.145 e. The fourth-order valence-corrected chi connectivity index (χ4v) is 2.00. The first-order valence-corrected chi connectivity index (χ1v) is 6.17. The molecule has 1 aromatic heterocycles. The van der Waals surface area contributed by atoms with Crippen LogP contribution in [0.15, 0.2) is 12.5 Å². The summed E-state index contributed by atoms with van der Waals surface area (Å²) in [4.78, 5) is 10.5. The lowest BCUT2D eigenvalue weighted by Crippen LogP contribution is -2.32. The molecule has 0 saturated heterocycles. The highest BCUT2D eigenvalue weighted by molar-refractivity contribution is 14.1. The van der Waals surface area contributed by atoms with E-state index in [1.165, 1.54) is 0 Å². The summed E-state index contributed by atoms with van der Waals surface area (Å²) in [6, 6.07) is 0. The quantitative estimate of drug-likeness (QED) is 0.836. The Morgan fingerprint density at radius 1 is 1.60 bits per heavy atom. The molecule has 84 valence electrons. The Balaban J connectivity index is 2.78. The Bertz CT molecular complexity index is 305. The normalized spacial score (nSPS) is 12.5. The summed E-state index contributed by atoms with van der Waals surface area (Å²) >= 11 is 2.26. The number of hydrogen-bond acceptors (Lipinski definition) is 4. The van der Waals surface area contributed by atoms with Gasteiger partial charge in [0.1, 0.15) is 12.1 Å². The molecule has 0 bridgehead atoms. The molecule has 0 spiro atoms. The lowest BCUT2D eigenvalue weighted by Gasteiger charge is -2.25. The SMILES string of the molecule is CCN(CC(C)CN)c1ncncc1I.